The van der Waals surface area contributed by atoms with Gasteiger partial charge in [0.25, 0.3) is 0 Å². The van der Waals surface area contributed by atoms with Crippen LogP contribution in [-0.4, -0.2) is 35.4 Å². The monoisotopic (exact) mass is 409 g/mol. The number of likely N-dealkylation sites (tertiary alicyclic amines) is 1. The first kappa shape index (κ1) is 21.0. The van der Waals surface area contributed by atoms with E-state index in [9.17, 15) is 18.0 Å². The summed E-state index contributed by atoms with van der Waals surface area (Å²) in [6, 6.07) is 9.67. The second-order valence-electron chi connectivity index (χ2n) is 7.27. The van der Waals surface area contributed by atoms with Crippen LogP contribution in [0.2, 0.25) is 0 Å². The maximum atomic E-state index is 12.4. The van der Waals surface area contributed by atoms with E-state index in [0.29, 0.717) is 30.9 Å². The fourth-order valence-electron chi connectivity index (χ4n) is 3.46. The average Bonchev–Trinajstić information content (AvgIpc) is 2.55. The van der Waals surface area contributed by atoms with Crippen LogP contribution in [0, 0.1) is 19.8 Å². The fourth-order valence-corrected chi connectivity index (χ4v) is 3.46. The van der Waals surface area contributed by atoms with Crippen LogP contribution in [0.25, 0.3) is 0 Å². The molecule has 0 saturated carbocycles. The van der Waals surface area contributed by atoms with Gasteiger partial charge in [-0.1, -0.05) is 24.3 Å². The SMILES string of the molecule is Cc1cc(CN2CC(C(=O)O)C2)cc(C)c1OCc1cccc(OC(F)(F)F)c1. The Labute approximate surface area is 166 Å². The lowest BCUT2D eigenvalue weighted by Crippen LogP contribution is -2.49. The summed E-state index contributed by atoms with van der Waals surface area (Å²) < 4.78 is 46.9. The van der Waals surface area contributed by atoms with Gasteiger partial charge in [0.15, 0.2) is 0 Å². The normalized spacial score (nSPS) is 15.1. The van der Waals surface area contributed by atoms with Gasteiger partial charge in [0.05, 0.1) is 5.92 Å². The maximum Gasteiger partial charge on any atom is 0.573 e. The van der Waals surface area contributed by atoms with Crippen molar-refractivity contribution in [3.05, 3.63) is 58.7 Å². The molecule has 0 amide bonds. The lowest BCUT2D eigenvalue weighted by molar-refractivity contribution is -0.274. The first-order valence-corrected chi connectivity index (χ1v) is 9.13. The van der Waals surface area contributed by atoms with Gasteiger partial charge in [0, 0.05) is 19.6 Å². The molecule has 1 aliphatic rings. The number of aliphatic carboxylic acids is 1. The number of aryl methyl sites for hydroxylation is 2. The first-order valence-electron chi connectivity index (χ1n) is 9.13. The molecular formula is C21H22F3NO4. The van der Waals surface area contributed by atoms with Crippen LogP contribution < -0.4 is 9.47 Å². The van der Waals surface area contributed by atoms with Crippen molar-refractivity contribution < 1.29 is 32.5 Å². The molecular weight excluding hydrogens is 387 g/mol. The summed E-state index contributed by atoms with van der Waals surface area (Å²) in [6.45, 7) is 5.69. The molecule has 5 nitrogen and oxygen atoms in total. The molecule has 2 aromatic rings. The lowest BCUT2D eigenvalue weighted by atomic mass is 9.98. The molecule has 0 radical (unpaired) electrons. The number of carbonyl (C=O) groups is 1. The van der Waals surface area contributed by atoms with Crippen molar-refractivity contribution in [3.63, 3.8) is 0 Å². The van der Waals surface area contributed by atoms with Crippen molar-refractivity contribution in [2.24, 2.45) is 5.92 Å². The van der Waals surface area contributed by atoms with Crippen molar-refractivity contribution in [2.45, 2.75) is 33.4 Å². The van der Waals surface area contributed by atoms with E-state index < -0.39 is 12.3 Å². The van der Waals surface area contributed by atoms with Crippen LogP contribution in [0.15, 0.2) is 36.4 Å². The Kier molecular flexibility index (Phi) is 6.02. The van der Waals surface area contributed by atoms with Crippen molar-refractivity contribution in [2.75, 3.05) is 13.1 Å². The summed E-state index contributed by atoms with van der Waals surface area (Å²) in [4.78, 5) is 13.0. The maximum absolute atomic E-state index is 12.4. The number of hydrogen-bond acceptors (Lipinski definition) is 4. The van der Waals surface area contributed by atoms with Gasteiger partial charge >= 0.3 is 12.3 Å². The smallest absolute Gasteiger partial charge is 0.488 e. The third kappa shape index (κ3) is 5.63. The van der Waals surface area contributed by atoms with Crippen molar-refractivity contribution >= 4 is 5.97 Å². The highest BCUT2D eigenvalue weighted by atomic mass is 19.4. The summed E-state index contributed by atoms with van der Waals surface area (Å²) in [5, 5.41) is 8.96. The van der Waals surface area contributed by atoms with E-state index in [4.69, 9.17) is 9.84 Å². The van der Waals surface area contributed by atoms with E-state index in [0.717, 1.165) is 16.7 Å². The van der Waals surface area contributed by atoms with E-state index in [1.165, 1.54) is 18.2 Å². The topological polar surface area (TPSA) is 59.0 Å². The van der Waals surface area contributed by atoms with Crippen molar-refractivity contribution in [3.8, 4) is 11.5 Å². The number of ether oxygens (including phenoxy) is 2. The second-order valence-corrected chi connectivity index (χ2v) is 7.27. The highest BCUT2D eigenvalue weighted by Crippen LogP contribution is 2.29. The summed E-state index contributed by atoms with van der Waals surface area (Å²) in [7, 11) is 0. The summed E-state index contributed by atoms with van der Waals surface area (Å²) >= 11 is 0. The van der Waals surface area contributed by atoms with E-state index in [1.807, 2.05) is 26.0 Å². The van der Waals surface area contributed by atoms with E-state index in [-0.39, 0.29) is 18.3 Å². The third-order valence-corrected chi connectivity index (χ3v) is 4.75. The Morgan fingerprint density at radius 2 is 1.79 bits per heavy atom. The van der Waals surface area contributed by atoms with Crippen LogP contribution >= 0.6 is 0 Å². The van der Waals surface area contributed by atoms with Gasteiger partial charge in [-0.3, -0.25) is 9.69 Å². The molecule has 29 heavy (non-hydrogen) atoms. The summed E-state index contributed by atoms with van der Waals surface area (Å²) in [5.74, 6) is -0.654. The molecule has 2 aromatic carbocycles. The number of hydrogen-bond donors (Lipinski definition) is 1. The minimum absolute atomic E-state index is 0.114. The molecule has 156 valence electrons. The quantitative estimate of drug-likeness (QED) is 0.739. The molecule has 1 aliphatic heterocycles. The number of carboxylic acid groups (broad SMARTS) is 1. The number of halogens is 3. The van der Waals surface area contributed by atoms with Gasteiger partial charge in [-0.2, -0.15) is 0 Å². The Hall–Kier alpha value is -2.74. The minimum atomic E-state index is -4.73. The van der Waals surface area contributed by atoms with Crippen molar-refractivity contribution in [1.82, 2.24) is 4.90 Å². The molecule has 0 bridgehead atoms. The van der Waals surface area contributed by atoms with Crippen molar-refractivity contribution in [1.29, 1.82) is 0 Å². The van der Waals surface area contributed by atoms with E-state index in [2.05, 4.69) is 9.64 Å². The number of nitrogens with zero attached hydrogens (tertiary/aromatic N) is 1. The standard InChI is InChI=1S/C21H22F3NO4/c1-13-6-16(9-25-10-17(11-25)20(26)27)7-14(2)19(13)28-12-15-4-3-5-18(8-15)29-21(22,23)24/h3-8,17H,9-12H2,1-2H3,(H,26,27). The average molecular weight is 409 g/mol. The second kappa shape index (κ2) is 8.32. The van der Waals surface area contributed by atoms with Gasteiger partial charge in [-0.25, -0.2) is 0 Å². The zero-order valence-electron chi connectivity index (χ0n) is 16.1. The zero-order chi connectivity index (χ0) is 21.2. The number of benzene rings is 2. The largest absolute Gasteiger partial charge is 0.573 e. The predicted molar refractivity (Wildman–Crippen MR) is 99.8 cm³/mol. The molecule has 3 rings (SSSR count). The summed E-state index contributed by atoms with van der Waals surface area (Å²) in [6.07, 6.45) is -4.73. The number of carboxylic acids is 1. The van der Waals surface area contributed by atoms with Gasteiger partial charge in [-0.05, 0) is 48.2 Å². The predicted octanol–water partition coefficient (Wildman–Crippen LogP) is 4.30. The highest BCUT2D eigenvalue weighted by molar-refractivity contribution is 5.71. The molecule has 0 aliphatic carbocycles. The summed E-state index contributed by atoms with van der Waals surface area (Å²) in [5.41, 5.74) is 3.46. The van der Waals surface area contributed by atoms with Crippen LogP contribution in [0.3, 0.4) is 0 Å². The van der Waals surface area contributed by atoms with E-state index in [1.54, 1.807) is 6.07 Å². The Balaban J connectivity index is 1.62. The first-order chi connectivity index (χ1) is 13.6. The molecule has 0 spiro atoms. The molecule has 1 N–H and O–H groups in total. The molecule has 1 fully saturated rings. The number of alkyl halides is 3. The lowest BCUT2D eigenvalue weighted by Gasteiger charge is -2.36. The van der Waals surface area contributed by atoms with Gasteiger partial charge < -0.3 is 14.6 Å². The van der Waals surface area contributed by atoms with Crippen LogP contribution in [0.4, 0.5) is 13.2 Å². The molecule has 0 atom stereocenters. The highest BCUT2D eigenvalue weighted by Gasteiger charge is 2.32. The van der Waals surface area contributed by atoms with Crippen LogP contribution in [0.5, 0.6) is 11.5 Å². The molecule has 0 aromatic heterocycles. The number of rotatable bonds is 7. The van der Waals surface area contributed by atoms with Crippen LogP contribution in [-0.2, 0) is 17.9 Å². The Morgan fingerprint density at radius 1 is 1.14 bits per heavy atom. The van der Waals surface area contributed by atoms with Crippen LogP contribution in [0.1, 0.15) is 22.3 Å². The zero-order valence-corrected chi connectivity index (χ0v) is 16.1. The van der Waals surface area contributed by atoms with Gasteiger partial charge in [0.1, 0.15) is 18.1 Å². The minimum Gasteiger partial charge on any atom is -0.488 e. The van der Waals surface area contributed by atoms with E-state index >= 15 is 0 Å². The Bertz CT molecular complexity index is 869. The third-order valence-electron chi connectivity index (χ3n) is 4.75. The molecule has 1 heterocycles. The molecule has 8 heteroatoms. The van der Waals surface area contributed by atoms with Gasteiger partial charge in [-0.15, -0.1) is 13.2 Å². The van der Waals surface area contributed by atoms with Gasteiger partial charge in [0.2, 0.25) is 0 Å². The Morgan fingerprint density at radius 3 is 2.38 bits per heavy atom. The molecule has 1 saturated heterocycles. The molecule has 0 unspecified atom stereocenters. The fraction of sp³-hybridized carbons (Fsp3) is 0.381.